The van der Waals surface area contributed by atoms with Gasteiger partial charge < -0.3 is 20.0 Å². The molecule has 1 aromatic rings. The van der Waals surface area contributed by atoms with Gasteiger partial charge in [-0.05, 0) is 49.8 Å². The van der Waals surface area contributed by atoms with Crippen LogP contribution in [0, 0.1) is 0 Å². The number of methoxy groups -OCH3 is 1. The van der Waals surface area contributed by atoms with E-state index in [1.807, 2.05) is 6.92 Å². The molecule has 0 saturated heterocycles. The molecule has 0 amide bonds. The van der Waals surface area contributed by atoms with Gasteiger partial charge >= 0.3 is 0 Å². The zero-order valence-electron chi connectivity index (χ0n) is 12.2. The number of ether oxygens (including phenoxy) is 1. The molecule has 0 aromatic heterocycles. The monoisotopic (exact) mass is 308 g/mol. The van der Waals surface area contributed by atoms with Crippen molar-refractivity contribution in [2.45, 2.75) is 20.3 Å². The largest absolute Gasteiger partial charge is 0.550 e. The second-order valence-corrected chi connectivity index (χ2v) is 4.65. The quantitative estimate of drug-likeness (QED) is 0.443. The Kier molecular flexibility index (Phi) is 6.61. The summed E-state index contributed by atoms with van der Waals surface area (Å²) in [5, 5.41) is 18.3. The van der Waals surface area contributed by atoms with Crippen molar-refractivity contribution in [3.63, 3.8) is 0 Å². The van der Waals surface area contributed by atoms with Gasteiger partial charge in [0, 0.05) is 24.5 Å². The van der Waals surface area contributed by atoms with Crippen molar-refractivity contribution in [2.75, 3.05) is 13.7 Å². The average molecular weight is 308 g/mol. The van der Waals surface area contributed by atoms with Crippen molar-refractivity contribution >= 4 is 29.0 Å². The predicted molar refractivity (Wildman–Crippen MR) is 83.3 cm³/mol. The Bertz CT molecular complexity index is 558. The minimum absolute atomic E-state index is 0.215. The van der Waals surface area contributed by atoms with Crippen molar-refractivity contribution in [2.24, 2.45) is 5.10 Å². The van der Waals surface area contributed by atoms with E-state index in [0.717, 1.165) is 5.56 Å². The number of carbonyl (C=O) groups is 1. The van der Waals surface area contributed by atoms with Gasteiger partial charge in [-0.15, -0.1) is 0 Å². The highest BCUT2D eigenvalue weighted by molar-refractivity contribution is 7.80. The number of hydrogen-bond donors (Lipinski definition) is 2. The van der Waals surface area contributed by atoms with Gasteiger partial charge in [0.15, 0.2) is 5.11 Å². The number of nitrogens with one attached hydrogen (secondary N) is 2. The van der Waals surface area contributed by atoms with Crippen LogP contribution in [-0.4, -0.2) is 30.4 Å². The summed E-state index contributed by atoms with van der Waals surface area (Å²) in [6, 6.07) is 5.22. The van der Waals surface area contributed by atoms with Crippen molar-refractivity contribution in [3.8, 4) is 5.75 Å². The number of hydrogen-bond acceptors (Lipinski definition) is 5. The van der Waals surface area contributed by atoms with Crippen LogP contribution in [0.15, 0.2) is 23.3 Å². The summed E-state index contributed by atoms with van der Waals surface area (Å²) in [5.74, 6) is -0.654. The number of aliphatic carboxylic acids is 1. The van der Waals surface area contributed by atoms with Crippen molar-refractivity contribution in [1.82, 2.24) is 10.7 Å². The predicted octanol–water partition coefficient (Wildman–Crippen LogP) is 0.196. The second-order valence-electron chi connectivity index (χ2n) is 4.24. The molecule has 0 unspecified atom stereocenters. The second kappa shape index (κ2) is 8.21. The normalized spacial score (nSPS) is 10.9. The molecular weight excluding hydrogens is 290 g/mol. The molecular formula is C14H18N3O3S-. The molecule has 21 heavy (non-hydrogen) atoms. The van der Waals surface area contributed by atoms with Gasteiger partial charge in [-0.3, -0.25) is 5.43 Å². The number of nitrogens with zero attached hydrogens (tertiary/aromatic N) is 1. The number of carboxylic acids is 1. The Morgan fingerprint density at radius 1 is 1.48 bits per heavy atom. The standard InChI is InChI=1S/C14H19N3O3S/c1-4-15-14(21)17-16-9(2)10-5-6-12(20-3)11(7-10)8-13(18)19/h5-7H,4,8H2,1-3H3,(H,18,19)(H2,15,17,21)/p-1/b16-9-. The Hall–Kier alpha value is -2.15. The van der Waals surface area contributed by atoms with E-state index in [1.165, 1.54) is 7.11 Å². The third-order valence-corrected chi connectivity index (χ3v) is 2.93. The number of carboxylic acid groups (broad SMARTS) is 1. The van der Waals surface area contributed by atoms with Gasteiger partial charge in [0.2, 0.25) is 0 Å². The lowest BCUT2D eigenvalue weighted by Gasteiger charge is -2.11. The number of thiocarbonyl (C=S) groups is 1. The van der Waals surface area contributed by atoms with Gasteiger partial charge in [0.05, 0.1) is 12.8 Å². The summed E-state index contributed by atoms with van der Waals surface area (Å²) in [5.41, 5.74) is 4.71. The maximum absolute atomic E-state index is 10.8. The summed E-state index contributed by atoms with van der Waals surface area (Å²) in [6.45, 7) is 4.44. The summed E-state index contributed by atoms with van der Waals surface area (Å²) < 4.78 is 5.13. The van der Waals surface area contributed by atoms with E-state index >= 15 is 0 Å². The molecule has 0 radical (unpaired) electrons. The zero-order valence-corrected chi connectivity index (χ0v) is 13.0. The van der Waals surface area contributed by atoms with E-state index in [9.17, 15) is 9.90 Å². The third kappa shape index (κ3) is 5.39. The van der Waals surface area contributed by atoms with Crippen LogP contribution in [0.25, 0.3) is 0 Å². The molecule has 0 spiro atoms. The van der Waals surface area contributed by atoms with E-state index in [2.05, 4.69) is 15.8 Å². The SMILES string of the molecule is CCNC(=S)N/N=C(/C)c1ccc(OC)c(CC(=O)[O-])c1. The van der Waals surface area contributed by atoms with Gasteiger partial charge in [0.25, 0.3) is 0 Å². The van der Waals surface area contributed by atoms with Crippen LogP contribution in [0.4, 0.5) is 0 Å². The molecule has 0 saturated carbocycles. The first-order valence-corrected chi connectivity index (χ1v) is 6.84. The van der Waals surface area contributed by atoms with E-state index in [-0.39, 0.29) is 6.42 Å². The van der Waals surface area contributed by atoms with E-state index < -0.39 is 5.97 Å². The number of rotatable bonds is 6. The van der Waals surface area contributed by atoms with Crippen molar-refractivity contribution < 1.29 is 14.6 Å². The first-order chi connectivity index (χ1) is 9.97. The van der Waals surface area contributed by atoms with Crippen LogP contribution in [0.5, 0.6) is 5.75 Å². The number of carbonyl (C=O) groups excluding carboxylic acids is 1. The van der Waals surface area contributed by atoms with Crippen LogP contribution in [0.3, 0.4) is 0 Å². The summed E-state index contributed by atoms with van der Waals surface area (Å²) >= 11 is 5.01. The van der Waals surface area contributed by atoms with Gasteiger partial charge in [-0.25, -0.2) is 0 Å². The Labute approximate surface area is 129 Å². The molecule has 2 N–H and O–H groups in total. The van der Waals surface area contributed by atoms with E-state index in [0.29, 0.717) is 28.7 Å². The first-order valence-electron chi connectivity index (χ1n) is 6.43. The van der Waals surface area contributed by atoms with Gasteiger partial charge in [-0.1, -0.05) is 0 Å². The number of benzene rings is 1. The van der Waals surface area contributed by atoms with Crippen molar-refractivity contribution in [1.29, 1.82) is 0 Å². The van der Waals surface area contributed by atoms with Gasteiger partial charge in [-0.2, -0.15) is 5.10 Å². The molecule has 0 atom stereocenters. The highest BCUT2D eigenvalue weighted by atomic mass is 32.1. The fourth-order valence-corrected chi connectivity index (χ4v) is 1.89. The number of hydrazone groups is 1. The maximum Gasteiger partial charge on any atom is 0.186 e. The summed E-state index contributed by atoms with van der Waals surface area (Å²) in [6.07, 6.45) is -0.215. The lowest BCUT2D eigenvalue weighted by molar-refractivity contribution is -0.304. The molecule has 1 rings (SSSR count). The van der Waals surface area contributed by atoms with Crippen LogP contribution in [-0.2, 0) is 11.2 Å². The molecule has 0 heterocycles. The minimum Gasteiger partial charge on any atom is -0.550 e. The fourth-order valence-electron chi connectivity index (χ4n) is 1.70. The summed E-state index contributed by atoms with van der Waals surface area (Å²) in [7, 11) is 1.49. The van der Waals surface area contributed by atoms with Crippen molar-refractivity contribution in [3.05, 3.63) is 29.3 Å². The van der Waals surface area contributed by atoms with Crippen LogP contribution in [0.1, 0.15) is 25.0 Å². The topological polar surface area (TPSA) is 85.8 Å². The molecule has 114 valence electrons. The molecule has 0 fully saturated rings. The maximum atomic E-state index is 10.8. The van der Waals surface area contributed by atoms with E-state index in [1.54, 1.807) is 25.1 Å². The molecule has 0 aliphatic carbocycles. The average Bonchev–Trinajstić information content (AvgIpc) is 2.44. The van der Waals surface area contributed by atoms with Crippen LogP contribution < -0.4 is 20.6 Å². The Balaban J connectivity index is 2.94. The fraction of sp³-hybridized carbons (Fsp3) is 0.357. The molecule has 7 heteroatoms. The molecule has 0 bridgehead atoms. The zero-order chi connectivity index (χ0) is 15.8. The van der Waals surface area contributed by atoms with Crippen LogP contribution >= 0.6 is 12.2 Å². The Morgan fingerprint density at radius 2 is 2.19 bits per heavy atom. The smallest absolute Gasteiger partial charge is 0.186 e. The molecule has 0 aliphatic rings. The summed E-state index contributed by atoms with van der Waals surface area (Å²) in [4.78, 5) is 10.8. The van der Waals surface area contributed by atoms with Gasteiger partial charge in [0.1, 0.15) is 5.75 Å². The Morgan fingerprint density at radius 3 is 2.76 bits per heavy atom. The van der Waals surface area contributed by atoms with E-state index in [4.69, 9.17) is 17.0 Å². The highest BCUT2D eigenvalue weighted by Gasteiger charge is 2.07. The van der Waals surface area contributed by atoms with Crippen LogP contribution in [0.2, 0.25) is 0 Å². The molecule has 1 aromatic carbocycles. The lowest BCUT2D eigenvalue weighted by atomic mass is 10.0. The third-order valence-electron chi connectivity index (χ3n) is 2.70. The lowest BCUT2D eigenvalue weighted by Crippen LogP contribution is -2.32. The molecule has 6 nitrogen and oxygen atoms in total. The minimum atomic E-state index is -1.16. The first kappa shape index (κ1) is 16.9. The highest BCUT2D eigenvalue weighted by Crippen LogP contribution is 2.20. The molecule has 0 aliphatic heterocycles.